The van der Waals surface area contributed by atoms with E-state index in [1.165, 1.54) is 11.5 Å². The lowest BCUT2D eigenvalue weighted by molar-refractivity contribution is 0.191. The zero-order valence-corrected chi connectivity index (χ0v) is 11.9. The molecule has 0 saturated carbocycles. The van der Waals surface area contributed by atoms with Gasteiger partial charge in [-0.05, 0) is 19.8 Å². The zero-order chi connectivity index (χ0) is 13.9. The van der Waals surface area contributed by atoms with Crippen molar-refractivity contribution < 1.29 is 4.79 Å². The number of hydrogen-bond donors (Lipinski definition) is 2. The number of amides is 2. The number of rotatable bonds is 2. The molecule has 3 heterocycles. The Kier molecular flexibility index (Phi) is 3.59. The standard InChI is InChI=1S/C11H15N7OS/c1-7-13-10(16-15-7)8-3-2-4-18(6-8)11(19)14-9-5-12-17-20-9/h5,8H,2-4,6H2,1H3,(H,14,19)(H,13,15,16)/t8-/m1/s1. The second-order valence-electron chi connectivity index (χ2n) is 4.78. The predicted molar refractivity (Wildman–Crippen MR) is 73.6 cm³/mol. The highest BCUT2D eigenvalue weighted by Crippen LogP contribution is 2.25. The normalized spacial score (nSPS) is 19.1. The van der Waals surface area contributed by atoms with Crippen molar-refractivity contribution in [2.24, 2.45) is 0 Å². The first kappa shape index (κ1) is 13.0. The van der Waals surface area contributed by atoms with Crippen LogP contribution < -0.4 is 5.32 Å². The molecule has 0 bridgehead atoms. The Morgan fingerprint density at radius 2 is 2.50 bits per heavy atom. The Balaban J connectivity index is 1.64. The van der Waals surface area contributed by atoms with E-state index in [-0.39, 0.29) is 11.9 Å². The van der Waals surface area contributed by atoms with Gasteiger partial charge < -0.3 is 4.90 Å². The molecule has 0 aromatic carbocycles. The molecule has 3 rings (SSSR count). The molecule has 1 fully saturated rings. The van der Waals surface area contributed by atoms with E-state index in [2.05, 4.69) is 30.1 Å². The topological polar surface area (TPSA) is 99.7 Å². The average Bonchev–Trinajstić information content (AvgIpc) is 3.10. The number of aryl methyl sites for hydroxylation is 1. The molecule has 0 unspecified atom stereocenters. The van der Waals surface area contributed by atoms with Gasteiger partial charge in [0.1, 0.15) is 10.8 Å². The number of nitrogens with zero attached hydrogens (tertiary/aromatic N) is 5. The number of hydrogen-bond acceptors (Lipinski definition) is 6. The van der Waals surface area contributed by atoms with Crippen molar-refractivity contribution in [1.29, 1.82) is 0 Å². The summed E-state index contributed by atoms with van der Waals surface area (Å²) in [4.78, 5) is 18.3. The molecule has 2 amide bonds. The van der Waals surface area contributed by atoms with Gasteiger partial charge in [0.05, 0.1) is 6.20 Å². The maximum atomic E-state index is 12.2. The molecular weight excluding hydrogens is 278 g/mol. The summed E-state index contributed by atoms with van der Waals surface area (Å²) in [6.07, 6.45) is 3.50. The number of aromatic nitrogens is 5. The van der Waals surface area contributed by atoms with Crippen LogP contribution in [0, 0.1) is 6.92 Å². The second-order valence-corrected chi connectivity index (χ2v) is 5.56. The minimum absolute atomic E-state index is 0.118. The van der Waals surface area contributed by atoms with Crippen molar-refractivity contribution >= 4 is 22.6 Å². The van der Waals surface area contributed by atoms with Gasteiger partial charge in [0, 0.05) is 30.5 Å². The Morgan fingerprint density at radius 3 is 3.20 bits per heavy atom. The third-order valence-electron chi connectivity index (χ3n) is 3.28. The molecule has 2 aromatic rings. The first-order valence-corrected chi connectivity index (χ1v) is 7.22. The van der Waals surface area contributed by atoms with Gasteiger partial charge in [-0.1, -0.05) is 4.49 Å². The van der Waals surface area contributed by atoms with E-state index < -0.39 is 0 Å². The number of urea groups is 1. The van der Waals surface area contributed by atoms with Crippen LogP contribution in [0.4, 0.5) is 9.80 Å². The molecule has 1 aliphatic rings. The first-order chi connectivity index (χ1) is 9.72. The number of nitrogens with one attached hydrogen (secondary N) is 2. The van der Waals surface area contributed by atoms with Gasteiger partial charge in [-0.2, -0.15) is 5.10 Å². The molecule has 0 aliphatic carbocycles. The van der Waals surface area contributed by atoms with Crippen molar-refractivity contribution in [2.45, 2.75) is 25.7 Å². The number of carbonyl (C=O) groups is 1. The molecule has 0 spiro atoms. The first-order valence-electron chi connectivity index (χ1n) is 6.44. The van der Waals surface area contributed by atoms with Gasteiger partial charge in [-0.3, -0.25) is 10.4 Å². The molecule has 0 radical (unpaired) electrons. The number of likely N-dealkylation sites (tertiary alicyclic amines) is 1. The Morgan fingerprint density at radius 1 is 1.60 bits per heavy atom. The third kappa shape index (κ3) is 2.77. The van der Waals surface area contributed by atoms with E-state index in [1.807, 2.05) is 6.92 Å². The second kappa shape index (κ2) is 5.53. The van der Waals surface area contributed by atoms with Gasteiger partial charge in [0.2, 0.25) is 0 Å². The number of H-pyrrole nitrogens is 1. The molecule has 2 N–H and O–H groups in total. The number of anilines is 1. The van der Waals surface area contributed by atoms with E-state index >= 15 is 0 Å². The Hall–Kier alpha value is -2.03. The summed E-state index contributed by atoms with van der Waals surface area (Å²) < 4.78 is 3.72. The van der Waals surface area contributed by atoms with E-state index in [1.54, 1.807) is 11.1 Å². The van der Waals surface area contributed by atoms with Crippen molar-refractivity contribution in [1.82, 2.24) is 29.7 Å². The molecule has 8 nitrogen and oxygen atoms in total. The molecule has 1 saturated heterocycles. The Labute approximate surface area is 119 Å². The van der Waals surface area contributed by atoms with Crippen LogP contribution in [0.15, 0.2) is 6.20 Å². The minimum Gasteiger partial charge on any atom is -0.324 e. The third-order valence-corrected chi connectivity index (χ3v) is 3.86. The van der Waals surface area contributed by atoms with Crippen LogP contribution in [0.2, 0.25) is 0 Å². The maximum absolute atomic E-state index is 12.2. The molecule has 2 aromatic heterocycles. The van der Waals surface area contributed by atoms with E-state index in [0.717, 1.165) is 31.0 Å². The van der Waals surface area contributed by atoms with Gasteiger partial charge in [-0.25, -0.2) is 9.78 Å². The summed E-state index contributed by atoms with van der Waals surface area (Å²) in [5.41, 5.74) is 0. The van der Waals surface area contributed by atoms with E-state index in [9.17, 15) is 4.79 Å². The van der Waals surface area contributed by atoms with E-state index in [0.29, 0.717) is 11.5 Å². The maximum Gasteiger partial charge on any atom is 0.322 e. The highest BCUT2D eigenvalue weighted by molar-refractivity contribution is 7.10. The van der Waals surface area contributed by atoms with Gasteiger partial charge in [-0.15, -0.1) is 5.10 Å². The number of carbonyl (C=O) groups excluding carboxylic acids is 1. The fourth-order valence-electron chi connectivity index (χ4n) is 2.32. The summed E-state index contributed by atoms with van der Waals surface area (Å²) in [6.45, 7) is 3.26. The molecule has 106 valence electrons. The average molecular weight is 293 g/mol. The van der Waals surface area contributed by atoms with Crippen molar-refractivity contribution in [3.8, 4) is 0 Å². The van der Waals surface area contributed by atoms with Crippen molar-refractivity contribution in [3.05, 3.63) is 17.8 Å². The highest BCUT2D eigenvalue weighted by atomic mass is 32.1. The fourth-order valence-corrected chi connectivity index (χ4v) is 2.73. The van der Waals surface area contributed by atoms with Crippen LogP contribution in [0.1, 0.15) is 30.4 Å². The molecule has 1 atom stereocenters. The molecule has 20 heavy (non-hydrogen) atoms. The summed E-state index contributed by atoms with van der Waals surface area (Å²) in [5.74, 6) is 1.79. The lowest BCUT2D eigenvalue weighted by Gasteiger charge is -2.31. The smallest absolute Gasteiger partial charge is 0.322 e. The number of aromatic amines is 1. The summed E-state index contributed by atoms with van der Waals surface area (Å²) in [7, 11) is 0. The lowest BCUT2D eigenvalue weighted by Crippen LogP contribution is -2.41. The van der Waals surface area contributed by atoms with Crippen LogP contribution in [-0.4, -0.2) is 48.8 Å². The van der Waals surface area contributed by atoms with Crippen LogP contribution in [0.25, 0.3) is 0 Å². The van der Waals surface area contributed by atoms with Crippen LogP contribution >= 0.6 is 11.5 Å². The van der Waals surface area contributed by atoms with E-state index in [4.69, 9.17) is 0 Å². The summed E-state index contributed by atoms with van der Waals surface area (Å²) in [5, 5.41) is 14.2. The Bertz CT molecular complexity index is 581. The number of piperidine rings is 1. The van der Waals surface area contributed by atoms with Crippen LogP contribution in [-0.2, 0) is 0 Å². The molecular formula is C11H15N7OS. The van der Waals surface area contributed by atoms with Crippen molar-refractivity contribution in [2.75, 3.05) is 18.4 Å². The SMILES string of the molecule is Cc1nc([C@@H]2CCCN(C(=O)Nc3cnns3)C2)n[nH]1. The fraction of sp³-hybridized carbons (Fsp3) is 0.545. The van der Waals surface area contributed by atoms with Gasteiger partial charge in [0.25, 0.3) is 0 Å². The molecule has 1 aliphatic heterocycles. The predicted octanol–water partition coefficient (Wildman–Crippen LogP) is 1.38. The van der Waals surface area contributed by atoms with Gasteiger partial charge >= 0.3 is 6.03 Å². The highest BCUT2D eigenvalue weighted by Gasteiger charge is 2.27. The lowest BCUT2D eigenvalue weighted by atomic mass is 9.98. The zero-order valence-electron chi connectivity index (χ0n) is 11.0. The largest absolute Gasteiger partial charge is 0.324 e. The van der Waals surface area contributed by atoms with Crippen LogP contribution in [0.5, 0.6) is 0 Å². The summed E-state index contributed by atoms with van der Waals surface area (Å²) in [6, 6.07) is -0.118. The summed E-state index contributed by atoms with van der Waals surface area (Å²) >= 11 is 1.17. The molecule has 9 heteroatoms. The van der Waals surface area contributed by atoms with Crippen molar-refractivity contribution in [3.63, 3.8) is 0 Å². The quantitative estimate of drug-likeness (QED) is 0.871. The van der Waals surface area contributed by atoms with Crippen LogP contribution in [0.3, 0.4) is 0 Å². The monoisotopic (exact) mass is 293 g/mol. The minimum atomic E-state index is -0.118. The van der Waals surface area contributed by atoms with Gasteiger partial charge in [0.15, 0.2) is 5.82 Å².